The summed E-state index contributed by atoms with van der Waals surface area (Å²) in [6.45, 7) is 3.81. The molecule has 3 aromatic rings. The summed E-state index contributed by atoms with van der Waals surface area (Å²) in [4.78, 5) is 33.8. The molecule has 0 saturated carbocycles. The Morgan fingerprint density at radius 3 is 2.40 bits per heavy atom. The van der Waals surface area contributed by atoms with Crippen LogP contribution in [0.2, 0.25) is 0 Å². The first-order valence-electron chi connectivity index (χ1n) is 10.7. The van der Waals surface area contributed by atoms with Crippen molar-refractivity contribution < 1.29 is 27.5 Å². The summed E-state index contributed by atoms with van der Waals surface area (Å²) in [6.07, 6.45) is 1.14. The number of aromatic nitrogens is 1. The van der Waals surface area contributed by atoms with E-state index in [0.29, 0.717) is 52.8 Å². The number of amides is 1. The van der Waals surface area contributed by atoms with Gasteiger partial charge in [-0.25, -0.2) is 18.2 Å². The van der Waals surface area contributed by atoms with Gasteiger partial charge in [-0.15, -0.1) is 12.4 Å². The smallest absolute Gasteiger partial charge is 0.337 e. The van der Waals surface area contributed by atoms with Crippen LogP contribution < -0.4 is 4.90 Å². The van der Waals surface area contributed by atoms with Crippen LogP contribution in [-0.2, 0) is 19.3 Å². The lowest BCUT2D eigenvalue weighted by molar-refractivity contribution is 0.0391. The van der Waals surface area contributed by atoms with Crippen molar-refractivity contribution in [2.75, 3.05) is 57.7 Å². The van der Waals surface area contributed by atoms with E-state index in [1.807, 2.05) is 0 Å². The first-order valence-corrected chi connectivity index (χ1v) is 13.4. The Kier molecular flexibility index (Phi) is 8.84. The summed E-state index contributed by atoms with van der Waals surface area (Å²) < 4.78 is 35.3. The molecule has 0 radical (unpaired) electrons. The second kappa shape index (κ2) is 11.4. The Bertz CT molecular complexity index is 1300. The van der Waals surface area contributed by atoms with Gasteiger partial charge in [0.25, 0.3) is 5.91 Å². The van der Waals surface area contributed by atoms with E-state index in [1.165, 1.54) is 24.5 Å². The highest BCUT2D eigenvalue weighted by atomic mass is 35.5. The van der Waals surface area contributed by atoms with Gasteiger partial charge in [0, 0.05) is 38.0 Å². The van der Waals surface area contributed by atoms with Crippen LogP contribution in [0.25, 0.3) is 10.2 Å². The number of carbonyl (C=O) groups is 2. The van der Waals surface area contributed by atoms with E-state index in [2.05, 4.69) is 9.88 Å². The fraction of sp³-hybridized carbons (Fsp3) is 0.348. The highest BCUT2D eigenvalue weighted by molar-refractivity contribution is 7.91. The van der Waals surface area contributed by atoms with Crippen molar-refractivity contribution in [3.05, 3.63) is 53.6 Å². The maximum atomic E-state index is 13.5. The molecule has 9 nitrogen and oxygen atoms in total. The highest BCUT2D eigenvalue weighted by Gasteiger charge is 2.25. The minimum Gasteiger partial charge on any atom is -0.465 e. The first kappa shape index (κ1) is 27.0. The van der Waals surface area contributed by atoms with E-state index in [0.717, 1.165) is 19.3 Å². The quantitative estimate of drug-likeness (QED) is 0.422. The average molecular weight is 540 g/mol. The molecule has 12 heteroatoms. The molecule has 4 rings (SSSR count). The van der Waals surface area contributed by atoms with Crippen molar-refractivity contribution in [2.45, 2.75) is 4.90 Å². The van der Waals surface area contributed by atoms with Gasteiger partial charge >= 0.3 is 5.97 Å². The third kappa shape index (κ3) is 6.17. The van der Waals surface area contributed by atoms with Crippen LogP contribution >= 0.6 is 23.7 Å². The minimum atomic E-state index is -3.48. The zero-order valence-electron chi connectivity index (χ0n) is 19.3. The van der Waals surface area contributed by atoms with Gasteiger partial charge in [-0.2, -0.15) is 0 Å². The molecule has 0 atom stereocenters. The number of hydrogen-bond donors (Lipinski definition) is 0. The molecule has 0 spiro atoms. The van der Waals surface area contributed by atoms with Crippen molar-refractivity contribution in [1.29, 1.82) is 0 Å². The maximum Gasteiger partial charge on any atom is 0.337 e. The van der Waals surface area contributed by atoms with Crippen molar-refractivity contribution in [2.24, 2.45) is 0 Å². The molecule has 0 N–H and O–H groups in total. The van der Waals surface area contributed by atoms with Crippen molar-refractivity contribution in [3.8, 4) is 0 Å². The number of nitrogens with zero attached hydrogens (tertiary/aromatic N) is 3. The van der Waals surface area contributed by atoms with Crippen LogP contribution in [-0.4, -0.2) is 82.9 Å². The molecule has 188 valence electrons. The van der Waals surface area contributed by atoms with Crippen molar-refractivity contribution in [1.82, 2.24) is 9.88 Å². The van der Waals surface area contributed by atoms with Gasteiger partial charge in [-0.3, -0.25) is 14.6 Å². The zero-order chi connectivity index (χ0) is 24.3. The third-order valence-corrected chi connectivity index (χ3v) is 7.71. The van der Waals surface area contributed by atoms with Crippen LogP contribution in [0.3, 0.4) is 0 Å². The Labute approximate surface area is 214 Å². The lowest BCUT2D eigenvalue weighted by Crippen LogP contribution is -2.43. The number of benzene rings is 2. The van der Waals surface area contributed by atoms with Crippen LogP contribution in [0.5, 0.6) is 0 Å². The number of carbonyl (C=O) groups excluding carboxylic acids is 2. The lowest BCUT2D eigenvalue weighted by Gasteiger charge is -2.29. The molecular formula is C23H26ClN3O6S2. The number of morpholine rings is 1. The summed E-state index contributed by atoms with van der Waals surface area (Å²) in [5.74, 6) is -0.771. The lowest BCUT2D eigenvalue weighted by atomic mass is 10.1. The van der Waals surface area contributed by atoms with Gasteiger partial charge in [0.2, 0.25) is 0 Å². The van der Waals surface area contributed by atoms with Crippen LogP contribution in [0.15, 0.2) is 47.4 Å². The molecule has 0 aliphatic carbocycles. The van der Waals surface area contributed by atoms with E-state index < -0.39 is 15.8 Å². The number of hydrogen-bond acceptors (Lipinski definition) is 9. The van der Waals surface area contributed by atoms with Gasteiger partial charge in [0.1, 0.15) is 5.52 Å². The standard InChI is InChI=1S/C23H25N3O6S2.ClH/c1-31-22(28)17-8-6-16(7-9-17)21(27)26(11-10-25-12-14-32-15-13-25)23-24-20-18(33-23)4-3-5-19(20)34(2,29)30;/h3-9H,10-15H2,1-2H3;1H. The average Bonchev–Trinajstić information content (AvgIpc) is 3.27. The largest absolute Gasteiger partial charge is 0.465 e. The predicted molar refractivity (Wildman–Crippen MR) is 137 cm³/mol. The molecule has 2 heterocycles. The topological polar surface area (TPSA) is 106 Å². The van der Waals surface area contributed by atoms with Crippen LogP contribution in [0, 0.1) is 0 Å². The number of ether oxygens (including phenoxy) is 2. The van der Waals surface area contributed by atoms with Crippen molar-refractivity contribution in [3.63, 3.8) is 0 Å². The molecule has 1 amide bonds. The Morgan fingerprint density at radius 2 is 1.77 bits per heavy atom. The summed E-state index contributed by atoms with van der Waals surface area (Å²) >= 11 is 1.27. The van der Waals surface area contributed by atoms with Crippen LogP contribution in [0.4, 0.5) is 5.13 Å². The summed E-state index contributed by atoms with van der Waals surface area (Å²) in [5, 5.41) is 0.418. The van der Waals surface area contributed by atoms with E-state index in [1.54, 1.807) is 41.3 Å². The fourth-order valence-corrected chi connectivity index (χ4v) is 5.61. The van der Waals surface area contributed by atoms with Gasteiger partial charge in [0.05, 0.1) is 35.5 Å². The van der Waals surface area contributed by atoms with Gasteiger partial charge < -0.3 is 9.47 Å². The molecule has 2 aromatic carbocycles. The fourth-order valence-electron chi connectivity index (χ4n) is 3.70. The Morgan fingerprint density at radius 1 is 1.11 bits per heavy atom. The number of thiazole rings is 1. The second-order valence-corrected chi connectivity index (χ2v) is 10.8. The number of fused-ring (bicyclic) bond motifs is 1. The van der Waals surface area contributed by atoms with Gasteiger partial charge in [-0.05, 0) is 36.4 Å². The first-order chi connectivity index (χ1) is 16.3. The third-order valence-electron chi connectivity index (χ3n) is 5.54. The Hall–Kier alpha value is -2.57. The number of esters is 1. The van der Waals surface area contributed by atoms with E-state index in [-0.39, 0.29) is 23.2 Å². The molecule has 35 heavy (non-hydrogen) atoms. The molecule has 1 fully saturated rings. The SMILES string of the molecule is COC(=O)c1ccc(C(=O)N(CCN2CCOCC2)c2nc3c(S(C)(=O)=O)cccc3s2)cc1.Cl. The number of rotatable bonds is 7. The number of anilines is 1. The molecule has 0 bridgehead atoms. The van der Waals surface area contributed by atoms with Gasteiger partial charge in [0.15, 0.2) is 15.0 Å². The predicted octanol–water partition coefficient (Wildman–Crippen LogP) is 2.89. The molecule has 0 unspecified atom stereocenters. The molecule has 1 saturated heterocycles. The number of methoxy groups -OCH3 is 1. The minimum absolute atomic E-state index is 0. The molecule has 1 aliphatic heterocycles. The summed E-state index contributed by atoms with van der Waals surface area (Å²) in [7, 11) is -2.19. The summed E-state index contributed by atoms with van der Waals surface area (Å²) in [6, 6.07) is 11.2. The van der Waals surface area contributed by atoms with E-state index >= 15 is 0 Å². The zero-order valence-corrected chi connectivity index (χ0v) is 21.7. The second-order valence-electron chi connectivity index (χ2n) is 7.85. The summed E-state index contributed by atoms with van der Waals surface area (Å²) in [5.41, 5.74) is 1.09. The monoisotopic (exact) mass is 539 g/mol. The van der Waals surface area contributed by atoms with Crippen molar-refractivity contribution >= 4 is 60.8 Å². The van der Waals surface area contributed by atoms with E-state index in [4.69, 9.17) is 9.47 Å². The molecular weight excluding hydrogens is 514 g/mol. The number of halogens is 1. The normalized spacial score (nSPS) is 14.3. The van der Waals surface area contributed by atoms with Gasteiger partial charge in [-0.1, -0.05) is 17.4 Å². The molecule has 1 aliphatic rings. The maximum absolute atomic E-state index is 13.5. The highest BCUT2D eigenvalue weighted by Crippen LogP contribution is 2.33. The van der Waals surface area contributed by atoms with E-state index in [9.17, 15) is 18.0 Å². The Balaban J connectivity index is 0.00000342. The molecule has 1 aromatic heterocycles. The van der Waals surface area contributed by atoms with Crippen LogP contribution in [0.1, 0.15) is 20.7 Å². The number of para-hydroxylation sites is 1. The number of sulfone groups is 1.